The lowest BCUT2D eigenvalue weighted by atomic mass is 10.2. The Morgan fingerprint density at radius 3 is 2.61 bits per heavy atom. The van der Waals surface area contributed by atoms with Gasteiger partial charge >= 0.3 is 0 Å². The summed E-state index contributed by atoms with van der Waals surface area (Å²) in [5.74, 6) is 0.420. The third-order valence-electron chi connectivity index (χ3n) is 3.11. The van der Waals surface area contributed by atoms with Crippen LogP contribution < -0.4 is 15.8 Å². The highest BCUT2D eigenvalue weighted by Gasteiger charge is 2.27. The quantitative estimate of drug-likeness (QED) is 0.763. The Hall–Kier alpha value is -1.55. The number of nitrogens with one attached hydrogen (secondary N) is 1. The van der Waals surface area contributed by atoms with Crippen LogP contribution >= 0.6 is 0 Å². The van der Waals surface area contributed by atoms with Gasteiger partial charge in [0.05, 0.1) is 0 Å². The first kappa shape index (κ1) is 12.9. The fourth-order valence-electron chi connectivity index (χ4n) is 1.75. The van der Waals surface area contributed by atoms with Crippen molar-refractivity contribution in [2.24, 2.45) is 5.73 Å². The fraction of sp³-hybridized carbons (Fsp3) is 0.500. The van der Waals surface area contributed by atoms with Gasteiger partial charge in [0, 0.05) is 6.04 Å². The van der Waals surface area contributed by atoms with E-state index in [0.29, 0.717) is 6.04 Å². The molecule has 18 heavy (non-hydrogen) atoms. The van der Waals surface area contributed by atoms with Gasteiger partial charge in [-0.25, -0.2) is 0 Å². The molecule has 3 N–H and O–H groups in total. The molecule has 0 spiro atoms. The number of carbonyl (C=O) groups excluding carboxylic acids is 1. The van der Waals surface area contributed by atoms with Crippen molar-refractivity contribution in [2.45, 2.75) is 38.3 Å². The molecule has 1 saturated carbocycles. The second kappa shape index (κ2) is 5.87. The number of hydrogen-bond acceptors (Lipinski definition) is 3. The van der Waals surface area contributed by atoms with Crippen molar-refractivity contribution in [3.8, 4) is 5.75 Å². The zero-order chi connectivity index (χ0) is 13.0. The van der Waals surface area contributed by atoms with Gasteiger partial charge in [0.25, 0.3) is 0 Å². The molecule has 1 aromatic carbocycles. The first-order chi connectivity index (χ1) is 8.69. The van der Waals surface area contributed by atoms with E-state index < -0.39 is 6.04 Å². The summed E-state index contributed by atoms with van der Waals surface area (Å²) < 4.78 is 5.59. The van der Waals surface area contributed by atoms with Crippen molar-refractivity contribution in [1.29, 1.82) is 0 Å². The van der Waals surface area contributed by atoms with E-state index in [1.807, 2.05) is 24.3 Å². The Morgan fingerprint density at radius 2 is 2.11 bits per heavy atom. The maximum Gasteiger partial charge on any atom is 0.238 e. The molecular formula is C14H20N2O2. The van der Waals surface area contributed by atoms with Gasteiger partial charge in [-0.3, -0.25) is 4.79 Å². The smallest absolute Gasteiger partial charge is 0.238 e. The van der Waals surface area contributed by atoms with E-state index in [0.717, 1.165) is 25.0 Å². The minimum absolute atomic E-state index is 0.289. The monoisotopic (exact) mass is 248 g/mol. The predicted octanol–water partition coefficient (Wildman–Crippen LogP) is 1.23. The van der Waals surface area contributed by atoms with Crippen LogP contribution in [0.3, 0.4) is 0 Å². The highest BCUT2D eigenvalue weighted by atomic mass is 16.5. The van der Waals surface area contributed by atoms with Crippen LogP contribution in [0.5, 0.6) is 5.75 Å². The average molecular weight is 248 g/mol. The average Bonchev–Trinajstić information content (AvgIpc) is 3.18. The summed E-state index contributed by atoms with van der Waals surface area (Å²) in [6.45, 7) is 2.40. The highest BCUT2D eigenvalue weighted by molar-refractivity contribution is 5.80. The zero-order valence-electron chi connectivity index (χ0n) is 10.7. The van der Waals surface area contributed by atoms with Gasteiger partial charge in [0.15, 0.2) is 0 Å². The molecule has 1 aliphatic rings. The molecule has 2 rings (SSSR count). The third-order valence-corrected chi connectivity index (χ3v) is 3.11. The minimum Gasteiger partial charge on any atom is -0.491 e. The van der Waals surface area contributed by atoms with E-state index in [4.69, 9.17) is 10.5 Å². The number of nitrogens with two attached hydrogens (primary N) is 1. The number of benzene rings is 1. The van der Waals surface area contributed by atoms with Crippen molar-refractivity contribution >= 4 is 5.91 Å². The lowest BCUT2D eigenvalue weighted by Crippen LogP contribution is -2.46. The van der Waals surface area contributed by atoms with Gasteiger partial charge in [0.1, 0.15) is 18.4 Å². The maximum absolute atomic E-state index is 11.3. The first-order valence-corrected chi connectivity index (χ1v) is 6.46. The number of hydrogen-bond donors (Lipinski definition) is 2. The predicted molar refractivity (Wildman–Crippen MR) is 70.5 cm³/mol. The Bertz CT molecular complexity index is 399. The first-order valence-electron chi connectivity index (χ1n) is 6.46. The normalized spacial score (nSPS) is 16.3. The topological polar surface area (TPSA) is 64.3 Å². The van der Waals surface area contributed by atoms with E-state index in [2.05, 4.69) is 12.2 Å². The number of ether oxygens (including phenoxy) is 1. The maximum atomic E-state index is 11.3. The summed E-state index contributed by atoms with van der Waals surface area (Å²) in [6.07, 6.45) is 3.25. The SMILES string of the molecule is CCc1ccc(OCC(NC2CC2)C(N)=O)cc1. The van der Waals surface area contributed by atoms with E-state index in [9.17, 15) is 4.79 Å². The molecule has 1 aliphatic carbocycles. The summed E-state index contributed by atoms with van der Waals surface area (Å²) >= 11 is 0. The summed E-state index contributed by atoms with van der Waals surface area (Å²) in [7, 11) is 0. The van der Waals surface area contributed by atoms with Crippen LogP contribution in [-0.4, -0.2) is 24.6 Å². The van der Waals surface area contributed by atoms with Gasteiger partial charge in [-0.05, 0) is 37.0 Å². The number of carbonyl (C=O) groups is 1. The van der Waals surface area contributed by atoms with E-state index in [1.54, 1.807) is 0 Å². The summed E-state index contributed by atoms with van der Waals surface area (Å²) in [5.41, 5.74) is 6.61. The van der Waals surface area contributed by atoms with Gasteiger partial charge < -0.3 is 15.8 Å². The molecule has 1 fully saturated rings. The molecule has 4 nitrogen and oxygen atoms in total. The van der Waals surface area contributed by atoms with Gasteiger partial charge in [-0.2, -0.15) is 0 Å². The number of amides is 1. The van der Waals surface area contributed by atoms with Crippen molar-refractivity contribution in [2.75, 3.05) is 6.61 Å². The van der Waals surface area contributed by atoms with Crippen LogP contribution in [0.15, 0.2) is 24.3 Å². The number of aryl methyl sites for hydroxylation is 1. The lowest BCUT2D eigenvalue weighted by Gasteiger charge is -2.16. The molecule has 0 aliphatic heterocycles. The van der Waals surface area contributed by atoms with E-state index in [-0.39, 0.29) is 12.5 Å². The lowest BCUT2D eigenvalue weighted by molar-refractivity contribution is -0.120. The Kier molecular flexibility index (Phi) is 4.20. The molecule has 1 amide bonds. The molecule has 0 saturated heterocycles. The number of primary amides is 1. The van der Waals surface area contributed by atoms with Crippen LogP contribution in [0, 0.1) is 0 Å². The molecule has 98 valence electrons. The Balaban J connectivity index is 1.85. The number of rotatable bonds is 7. The Labute approximate surface area is 108 Å². The van der Waals surface area contributed by atoms with Crippen molar-refractivity contribution in [3.05, 3.63) is 29.8 Å². The van der Waals surface area contributed by atoms with E-state index >= 15 is 0 Å². The molecule has 0 radical (unpaired) electrons. The second-order valence-electron chi connectivity index (χ2n) is 4.70. The summed E-state index contributed by atoms with van der Waals surface area (Å²) in [4.78, 5) is 11.3. The largest absolute Gasteiger partial charge is 0.491 e. The summed E-state index contributed by atoms with van der Waals surface area (Å²) in [6, 6.07) is 7.95. The Morgan fingerprint density at radius 1 is 1.44 bits per heavy atom. The van der Waals surface area contributed by atoms with Gasteiger partial charge in [0.2, 0.25) is 5.91 Å². The van der Waals surface area contributed by atoms with Crippen LogP contribution in [0.4, 0.5) is 0 Å². The molecule has 0 aromatic heterocycles. The minimum atomic E-state index is -0.400. The van der Waals surface area contributed by atoms with Crippen LogP contribution in [0.2, 0.25) is 0 Å². The highest BCUT2D eigenvalue weighted by Crippen LogP contribution is 2.19. The molecule has 1 aromatic rings. The fourth-order valence-corrected chi connectivity index (χ4v) is 1.75. The van der Waals surface area contributed by atoms with E-state index in [1.165, 1.54) is 5.56 Å². The standard InChI is InChI=1S/C14H20N2O2/c1-2-10-3-7-12(8-4-10)18-9-13(14(15)17)16-11-5-6-11/h3-4,7-8,11,13,16H,2,5-6,9H2,1H3,(H2,15,17). The third kappa shape index (κ3) is 3.74. The van der Waals surface area contributed by atoms with Crippen LogP contribution in [-0.2, 0) is 11.2 Å². The van der Waals surface area contributed by atoms with Gasteiger partial charge in [-0.15, -0.1) is 0 Å². The van der Waals surface area contributed by atoms with Crippen LogP contribution in [0.25, 0.3) is 0 Å². The summed E-state index contributed by atoms with van der Waals surface area (Å²) in [5, 5.41) is 3.18. The molecule has 4 heteroatoms. The molecule has 1 unspecified atom stereocenters. The zero-order valence-corrected chi connectivity index (χ0v) is 10.7. The van der Waals surface area contributed by atoms with Gasteiger partial charge in [-0.1, -0.05) is 19.1 Å². The second-order valence-corrected chi connectivity index (χ2v) is 4.70. The van der Waals surface area contributed by atoms with Crippen molar-refractivity contribution in [1.82, 2.24) is 5.32 Å². The van der Waals surface area contributed by atoms with Crippen molar-refractivity contribution < 1.29 is 9.53 Å². The van der Waals surface area contributed by atoms with Crippen LogP contribution in [0.1, 0.15) is 25.3 Å². The molecule has 1 atom stereocenters. The molecule has 0 heterocycles. The molecular weight excluding hydrogens is 228 g/mol. The molecule has 0 bridgehead atoms. The van der Waals surface area contributed by atoms with Crippen molar-refractivity contribution in [3.63, 3.8) is 0 Å².